The van der Waals surface area contributed by atoms with E-state index in [1.807, 2.05) is 65.2 Å². The molecule has 0 bridgehead atoms. The second-order valence-electron chi connectivity index (χ2n) is 24.3. The van der Waals surface area contributed by atoms with Gasteiger partial charge in [-0.1, -0.05) is 216 Å². The number of imidazole rings is 1. The zero-order valence-corrected chi connectivity index (χ0v) is 45.7. The summed E-state index contributed by atoms with van der Waals surface area (Å²) in [6.07, 6.45) is 5.20. The molecule has 0 radical (unpaired) electrons. The summed E-state index contributed by atoms with van der Waals surface area (Å²) in [5.41, 5.74) is 13.8. The van der Waals surface area contributed by atoms with Crippen LogP contribution in [-0.4, -0.2) is 14.1 Å². The van der Waals surface area contributed by atoms with Gasteiger partial charge in [-0.15, -0.1) is 0 Å². The number of aryl methyl sites for hydroxylation is 1. The van der Waals surface area contributed by atoms with Gasteiger partial charge in [-0.05, 0) is 127 Å². The van der Waals surface area contributed by atoms with Crippen molar-refractivity contribution in [2.75, 3.05) is 0 Å². The van der Waals surface area contributed by atoms with E-state index in [4.69, 9.17) is 20.7 Å². The molecule has 5 nitrogen and oxygen atoms in total. The van der Waals surface area contributed by atoms with Gasteiger partial charge in [0.15, 0.2) is 0 Å². The van der Waals surface area contributed by atoms with Crippen molar-refractivity contribution in [3.05, 3.63) is 222 Å². The Labute approximate surface area is 461 Å². The number of pyridine rings is 1. The average Bonchev–Trinajstić information content (AvgIpc) is 3.72. The molecule has 0 amide bonds. The van der Waals surface area contributed by atoms with Gasteiger partial charge in [0.1, 0.15) is 17.3 Å². The van der Waals surface area contributed by atoms with E-state index in [2.05, 4.69) is 183 Å². The van der Waals surface area contributed by atoms with Gasteiger partial charge in [0.25, 0.3) is 6.33 Å². The predicted molar refractivity (Wildman–Crippen MR) is 318 cm³/mol. The molecule has 0 aliphatic rings. The summed E-state index contributed by atoms with van der Waals surface area (Å²) in [5.74, 6) is 1.36. The molecule has 5 heteroatoms. The van der Waals surface area contributed by atoms with E-state index in [1.54, 1.807) is 0 Å². The van der Waals surface area contributed by atoms with Crippen LogP contribution in [-0.2, 0) is 21.7 Å². The van der Waals surface area contributed by atoms with Crippen LogP contribution in [0.4, 0.5) is 0 Å². The number of aromatic nitrogens is 4. The van der Waals surface area contributed by atoms with E-state index in [-0.39, 0.29) is 44.2 Å². The highest BCUT2D eigenvalue weighted by Crippen LogP contribution is 2.42. The Morgan fingerprint density at radius 3 is 1.66 bits per heavy atom. The maximum atomic E-state index is 8.69. The molecule has 380 valence electrons. The lowest BCUT2D eigenvalue weighted by Crippen LogP contribution is -2.31. The molecule has 0 unspecified atom stereocenters. The van der Waals surface area contributed by atoms with Crippen LogP contribution in [0.15, 0.2) is 188 Å². The minimum atomic E-state index is -2.75. The standard InChI is InChI=1S/C71H70N4O/c1-46-35-66(72-44-61(46)47-23-15-14-16-24-47)75-62-30-18-17-27-59(62)60-34-33-56(43-65(60)75)76-55-26-21-25-54(42-55)73-45-74(64-32-20-19-31-63(64)73)67-57(48-36-50(68(2,3)4)40-51(37-48)69(5,6)7)28-22-29-58(67)49-38-52(70(8,9)10)41-53(39-49)71(11,12)13/h14-44H,1-13H3/i1D3,14D,15D,16D,23D,24D. The largest absolute Gasteiger partial charge is 0.458 e. The minimum absolute atomic E-state index is 0.0653. The van der Waals surface area contributed by atoms with Crippen LogP contribution in [0.25, 0.3) is 83.4 Å². The van der Waals surface area contributed by atoms with E-state index >= 15 is 0 Å². The fraction of sp³-hybridized carbons (Fsp3) is 0.239. The zero-order chi connectivity index (χ0) is 60.3. The molecule has 3 aromatic heterocycles. The third kappa shape index (κ3) is 9.42. The van der Waals surface area contributed by atoms with Gasteiger partial charge in [0, 0.05) is 32.7 Å². The second kappa shape index (κ2) is 18.7. The van der Waals surface area contributed by atoms with Gasteiger partial charge in [-0.25, -0.2) is 4.98 Å². The Bertz CT molecular complexity index is 4260. The fourth-order valence-electron chi connectivity index (χ4n) is 10.2. The van der Waals surface area contributed by atoms with Gasteiger partial charge in [0.2, 0.25) is 0 Å². The Kier molecular flexibility index (Phi) is 10.1. The van der Waals surface area contributed by atoms with Crippen molar-refractivity contribution in [2.45, 2.75) is 112 Å². The summed E-state index contributed by atoms with van der Waals surface area (Å²) in [5, 5.41) is 1.77. The van der Waals surface area contributed by atoms with Crippen molar-refractivity contribution in [1.82, 2.24) is 14.1 Å². The van der Waals surface area contributed by atoms with E-state index in [1.165, 1.54) is 34.5 Å². The Balaban J connectivity index is 1.06. The fourth-order valence-corrected chi connectivity index (χ4v) is 10.2. The molecule has 11 aromatic rings. The van der Waals surface area contributed by atoms with Crippen LogP contribution < -0.4 is 9.30 Å². The monoisotopic (exact) mass is 1000 g/mol. The molecular formula is C71H70N4O. The topological polar surface area (TPSA) is 35.9 Å². The molecule has 0 saturated heterocycles. The van der Waals surface area contributed by atoms with E-state index in [0.29, 0.717) is 17.0 Å². The molecule has 3 heterocycles. The number of rotatable bonds is 8. The predicted octanol–water partition coefficient (Wildman–Crippen LogP) is 18.5. The van der Waals surface area contributed by atoms with E-state index < -0.39 is 37.1 Å². The Morgan fingerprint density at radius 1 is 0.500 bits per heavy atom. The van der Waals surface area contributed by atoms with Gasteiger partial charge < -0.3 is 4.74 Å². The van der Waals surface area contributed by atoms with Gasteiger partial charge in [0.05, 0.1) is 40.3 Å². The number of fused-ring (bicyclic) bond motifs is 4. The summed E-state index contributed by atoms with van der Waals surface area (Å²) in [6.45, 7) is 24.6. The van der Waals surface area contributed by atoms with Crippen molar-refractivity contribution in [2.24, 2.45) is 0 Å². The highest BCUT2D eigenvalue weighted by Gasteiger charge is 2.27. The SMILES string of the molecule is [2H]c1c([2H])c([2H])c(-c2cnc(-n3c4ccccc4c4ccc(Oc5cccc(-n6[c-][n+](-c7c(-c8cc(C(C)(C)C)cc(C(C)(C)C)c8)cccc7-c7cc(C(C)(C)C)cc(C(C)(C)C)c7)c7ccccc76)c5)cc43)cc2C([2H])([2H])[2H])c([2H])c1[2H]. The van der Waals surface area contributed by atoms with Gasteiger partial charge >= 0.3 is 0 Å². The lowest BCUT2D eigenvalue weighted by Gasteiger charge is -2.28. The Morgan fingerprint density at radius 2 is 1.05 bits per heavy atom. The Hall–Kier alpha value is -8.02. The first kappa shape index (κ1) is 41.3. The summed E-state index contributed by atoms with van der Waals surface area (Å²) < 4.78 is 81.1. The molecule has 0 N–H and O–H groups in total. The number of benzene rings is 8. The maximum absolute atomic E-state index is 8.69. The molecule has 0 saturated carbocycles. The van der Waals surface area contributed by atoms with Crippen molar-refractivity contribution >= 4 is 32.8 Å². The first-order valence-electron chi connectivity index (χ1n) is 30.2. The smallest absolute Gasteiger partial charge is 0.269 e. The zero-order valence-electron chi connectivity index (χ0n) is 53.7. The maximum Gasteiger partial charge on any atom is 0.269 e. The number of hydrogen-bond donors (Lipinski definition) is 0. The molecule has 76 heavy (non-hydrogen) atoms. The minimum Gasteiger partial charge on any atom is -0.458 e. The number of ether oxygens (including phenoxy) is 1. The van der Waals surface area contributed by atoms with Crippen molar-refractivity contribution in [3.8, 4) is 62.1 Å². The molecule has 8 aromatic carbocycles. The van der Waals surface area contributed by atoms with Crippen LogP contribution >= 0.6 is 0 Å². The summed E-state index contributed by atoms with van der Waals surface area (Å²) in [6, 6.07) is 49.6. The molecule has 0 fully saturated rings. The van der Waals surface area contributed by atoms with Crippen LogP contribution in [0.5, 0.6) is 11.5 Å². The van der Waals surface area contributed by atoms with Crippen LogP contribution in [0, 0.1) is 13.2 Å². The molecule has 0 aliphatic heterocycles. The normalized spacial score (nSPS) is 14.2. The van der Waals surface area contributed by atoms with Crippen LogP contribution in [0.3, 0.4) is 0 Å². The summed E-state index contributed by atoms with van der Waals surface area (Å²) in [7, 11) is 0. The van der Waals surface area contributed by atoms with Gasteiger partial charge in [-0.2, -0.15) is 0 Å². The summed E-state index contributed by atoms with van der Waals surface area (Å²) >= 11 is 0. The number of para-hydroxylation sites is 4. The van der Waals surface area contributed by atoms with Crippen LogP contribution in [0.1, 0.15) is 122 Å². The van der Waals surface area contributed by atoms with Crippen molar-refractivity contribution in [3.63, 3.8) is 0 Å². The van der Waals surface area contributed by atoms with Crippen LogP contribution in [0.2, 0.25) is 0 Å². The lowest BCUT2D eigenvalue weighted by atomic mass is 9.77. The van der Waals surface area contributed by atoms with Crippen molar-refractivity contribution < 1.29 is 20.3 Å². The highest BCUT2D eigenvalue weighted by molar-refractivity contribution is 6.09. The molecule has 0 atom stereocenters. The summed E-state index contributed by atoms with van der Waals surface area (Å²) in [4.78, 5) is 4.77. The molecular weight excluding hydrogens is 925 g/mol. The molecule has 0 aliphatic carbocycles. The van der Waals surface area contributed by atoms with Gasteiger partial charge in [-0.3, -0.25) is 13.7 Å². The lowest BCUT2D eigenvalue weighted by molar-refractivity contribution is -0.571. The number of nitrogens with zero attached hydrogens (tertiary/aromatic N) is 4. The average molecular weight is 1000 g/mol. The third-order valence-corrected chi connectivity index (χ3v) is 14.6. The van der Waals surface area contributed by atoms with E-state index in [0.717, 1.165) is 61.0 Å². The highest BCUT2D eigenvalue weighted by atomic mass is 16.5. The first-order valence-corrected chi connectivity index (χ1v) is 26.2. The second-order valence-corrected chi connectivity index (χ2v) is 24.3. The van der Waals surface area contributed by atoms with Crippen molar-refractivity contribution in [1.29, 1.82) is 0 Å². The van der Waals surface area contributed by atoms with E-state index in [9.17, 15) is 0 Å². The molecule has 11 rings (SSSR count). The number of hydrogen-bond acceptors (Lipinski definition) is 2. The first-order chi connectivity index (χ1) is 39.4. The third-order valence-electron chi connectivity index (χ3n) is 14.6. The molecule has 0 spiro atoms. The quantitative estimate of drug-likeness (QED) is 0.112.